The van der Waals surface area contributed by atoms with E-state index < -0.39 is 9.84 Å². The van der Waals surface area contributed by atoms with Crippen molar-refractivity contribution in [3.63, 3.8) is 0 Å². The minimum absolute atomic E-state index is 0.230. The van der Waals surface area contributed by atoms with Crippen LogP contribution >= 0.6 is 0 Å². The molecule has 1 aliphatic rings. The van der Waals surface area contributed by atoms with Crippen molar-refractivity contribution in [2.45, 2.75) is 33.2 Å². The lowest BCUT2D eigenvalue weighted by Gasteiger charge is -2.23. The van der Waals surface area contributed by atoms with Crippen LogP contribution in [0.5, 0.6) is 0 Å². The van der Waals surface area contributed by atoms with Crippen molar-refractivity contribution in [2.24, 2.45) is 0 Å². The third-order valence-electron chi connectivity index (χ3n) is 3.72. The van der Waals surface area contributed by atoms with E-state index in [9.17, 15) is 8.42 Å². The molecule has 1 fully saturated rings. The van der Waals surface area contributed by atoms with Crippen molar-refractivity contribution >= 4 is 15.7 Å². The van der Waals surface area contributed by atoms with Gasteiger partial charge >= 0.3 is 0 Å². The molecule has 0 aliphatic carbocycles. The van der Waals surface area contributed by atoms with Gasteiger partial charge < -0.3 is 10.2 Å². The summed E-state index contributed by atoms with van der Waals surface area (Å²) >= 11 is 0. The smallest absolute Gasteiger partial charge is 0.152 e. The lowest BCUT2D eigenvalue weighted by Crippen LogP contribution is -2.28. The van der Waals surface area contributed by atoms with Gasteiger partial charge in [0.15, 0.2) is 9.84 Å². The zero-order valence-corrected chi connectivity index (χ0v) is 13.7. The van der Waals surface area contributed by atoms with Gasteiger partial charge in [-0.05, 0) is 43.5 Å². The van der Waals surface area contributed by atoms with Crippen molar-refractivity contribution in [3.05, 3.63) is 23.4 Å². The molecule has 2 rings (SSSR count). The van der Waals surface area contributed by atoms with Crippen LogP contribution < -0.4 is 10.2 Å². The molecule has 21 heavy (non-hydrogen) atoms. The number of nitrogens with one attached hydrogen (secondary N) is 1. The van der Waals surface area contributed by atoms with Crippen LogP contribution in [0.25, 0.3) is 0 Å². The lowest BCUT2D eigenvalue weighted by molar-refractivity contribution is 0.597. The van der Waals surface area contributed by atoms with Gasteiger partial charge in [-0.3, -0.25) is 0 Å². The molecule has 0 aromatic carbocycles. The Kier molecular flexibility index (Phi) is 5.58. The zero-order chi connectivity index (χ0) is 15.3. The molecule has 1 aliphatic heterocycles. The topological polar surface area (TPSA) is 62.3 Å². The summed E-state index contributed by atoms with van der Waals surface area (Å²) in [6.45, 7) is 7.34. The van der Waals surface area contributed by atoms with Crippen LogP contribution in [0.1, 0.15) is 30.9 Å². The standard InChI is InChI=1S/C15H25N3O2S/c1-3-5-16-11-14-10-13(2)15(17-12-14)18-6-4-8-21(19,20)9-7-18/h10,12,16H,3-9,11H2,1-2H3. The molecule has 5 nitrogen and oxygen atoms in total. The minimum Gasteiger partial charge on any atom is -0.355 e. The maximum atomic E-state index is 11.7. The molecule has 1 aromatic rings. The Labute approximate surface area is 127 Å². The molecule has 0 atom stereocenters. The third-order valence-corrected chi connectivity index (χ3v) is 5.43. The summed E-state index contributed by atoms with van der Waals surface area (Å²) in [6.07, 6.45) is 3.69. The molecule has 0 saturated carbocycles. The van der Waals surface area contributed by atoms with Crippen molar-refractivity contribution in [1.82, 2.24) is 10.3 Å². The molecule has 1 saturated heterocycles. The van der Waals surface area contributed by atoms with Crippen LogP contribution in [0.15, 0.2) is 12.3 Å². The minimum atomic E-state index is -2.88. The van der Waals surface area contributed by atoms with E-state index >= 15 is 0 Å². The highest BCUT2D eigenvalue weighted by atomic mass is 32.2. The first kappa shape index (κ1) is 16.2. The predicted octanol–water partition coefficient (Wildman–Crippen LogP) is 1.51. The highest BCUT2D eigenvalue weighted by Crippen LogP contribution is 2.20. The average Bonchev–Trinajstić information content (AvgIpc) is 2.60. The second-order valence-electron chi connectivity index (χ2n) is 5.65. The summed E-state index contributed by atoms with van der Waals surface area (Å²) in [5.41, 5.74) is 2.29. The van der Waals surface area contributed by atoms with E-state index in [2.05, 4.69) is 28.2 Å². The van der Waals surface area contributed by atoms with E-state index in [1.54, 1.807) is 0 Å². The second-order valence-corrected chi connectivity index (χ2v) is 7.96. The quantitative estimate of drug-likeness (QED) is 0.835. The number of aryl methyl sites for hydroxylation is 1. The summed E-state index contributed by atoms with van der Waals surface area (Å²) in [5.74, 6) is 1.45. The Morgan fingerprint density at radius 3 is 2.86 bits per heavy atom. The number of aromatic nitrogens is 1. The van der Waals surface area contributed by atoms with Crippen molar-refractivity contribution in [3.8, 4) is 0 Å². The Morgan fingerprint density at radius 1 is 1.33 bits per heavy atom. The van der Waals surface area contributed by atoms with E-state index in [1.165, 1.54) is 5.56 Å². The van der Waals surface area contributed by atoms with Crippen molar-refractivity contribution in [2.75, 3.05) is 36.0 Å². The van der Waals surface area contributed by atoms with Gasteiger partial charge in [0, 0.05) is 25.8 Å². The number of anilines is 1. The fourth-order valence-electron chi connectivity index (χ4n) is 2.61. The van der Waals surface area contributed by atoms with Gasteiger partial charge in [0.2, 0.25) is 0 Å². The van der Waals surface area contributed by atoms with Gasteiger partial charge in [-0.25, -0.2) is 13.4 Å². The molecule has 0 amide bonds. The molecule has 2 heterocycles. The average molecular weight is 311 g/mol. The number of hydrogen-bond donors (Lipinski definition) is 1. The van der Waals surface area contributed by atoms with E-state index in [0.717, 1.165) is 37.4 Å². The predicted molar refractivity (Wildman–Crippen MR) is 86.5 cm³/mol. The summed E-state index contributed by atoms with van der Waals surface area (Å²) in [7, 11) is -2.88. The van der Waals surface area contributed by atoms with Gasteiger partial charge in [-0.15, -0.1) is 0 Å². The van der Waals surface area contributed by atoms with Crippen molar-refractivity contribution < 1.29 is 8.42 Å². The fraction of sp³-hybridized carbons (Fsp3) is 0.667. The highest BCUT2D eigenvalue weighted by Gasteiger charge is 2.21. The summed E-state index contributed by atoms with van der Waals surface area (Å²) in [4.78, 5) is 6.66. The van der Waals surface area contributed by atoms with E-state index in [-0.39, 0.29) is 5.75 Å². The Bertz CT molecular complexity index is 572. The van der Waals surface area contributed by atoms with Gasteiger partial charge in [-0.2, -0.15) is 0 Å². The summed E-state index contributed by atoms with van der Waals surface area (Å²) < 4.78 is 23.4. The third kappa shape index (κ3) is 4.68. The SMILES string of the molecule is CCCNCc1cnc(N2CCCS(=O)(=O)CC2)c(C)c1. The van der Waals surface area contributed by atoms with Gasteiger partial charge in [0.05, 0.1) is 11.5 Å². The maximum absolute atomic E-state index is 11.7. The zero-order valence-electron chi connectivity index (χ0n) is 12.9. The highest BCUT2D eigenvalue weighted by molar-refractivity contribution is 7.91. The lowest BCUT2D eigenvalue weighted by atomic mass is 10.2. The first-order valence-electron chi connectivity index (χ1n) is 7.63. The van der Waals surface area contributed by atoms with Gasteiger partial charge in [-0.1, -0.05) is 6.92 Å². The molecule has 0 radical (unpaired) electrons. The first-order valence-corrected chi connectivity index (χ1v) is 9.45. The van der Waals surface area contributed by atoms with E-state index in [4.69, 9.17) is 0 Å². The van der Waals surface area contributed by atoms with Gasteiger partial charge in [0.25, 0.3) is 0 Å². The first-order chi connectivity index (χ1) is 10.0. The van der Waals surface area contributed by atoms with Crippen LogP contribution in [-0.2, 0) is 16.4 Å². The molecule has 1 aromatic heterocycles. The van der Waals surface area contributed by atoms with Gasteiger partial charge in [0.1, 0.15) is 5.82 Å². The molecule has 0 spiro atoms. The van der Waals surface area contributed by atoms with E-state index in [0.29, 0.717) is 18.7 Å². The van der Waals surface area contributed by atoms with Crippen LogP contribution in [0.3, 0.4) is 0 Å². The van der Waals surface area contributed by atoms with Crippen LogP contribution in [0.4, 0.5) is 5.82 Å². The molecular weight excluding hydrogens is 286 g/mol. The normalized spacial score (nSPS) is 18.5. The number of pyridine rings is 1. The molecule has 1 N–H and O–H groups in total. The summed E-state index contributed by atoms with van der Waals surface area (Å²) in [6, 6.07) is 2.14. The van der Waals surface area contributed by atoms with Crippen LogP contribution in [0.2, 0.25) is 0 Å². The number of hydrogen-bond acceptors (Lipinski definition) is 5. The second kappa shape index (κ2) is 7.22. The molecule has 118 valence electrons. The maximum Gasteiger partial charge on any atom is 0.152 e. The Morgan fingerprint density at radius 2 is 2.14 bits per heavy atom. The number of rotatable bonds is 5. The number of nitrogens with zero attached hydrogens (tertiary/aromatic N) is 2. The largest absolute Gasteiger partial charge is 0.355 e. The van der Waals surface area contributed by atoms with Crippen LogP contribution in [-0.4, -0.2) is 44.5 Å². The van der Waals surface area contributed by atoms with E-state index in [1.807, 2.05) is 13.1 Å². The monoisotopic (exact) mass is 311 g/mol. The van der Waals surface area contributed by atoms with Crippen molar-refractivity contribution in [1.29, 1.82) is 0 Å². The molecule has 6 heteroatoms. The summed E-state index contributed by atoms with van der Waals surface area (Å²) in [5, 5.41) is 3.37. The fourth-order valence-corrected chi connectivity index (χ4v) is 3.88. The molecular formula is C15H25N3O2S. The Balaban J connectivity index is 2.06. The van der Waals surface area contributed by atoms with Crippen LogP contribution in [0, 0.1) is 6.92 Å². The Hall–Kier alpha value is -1.14. The molecule has 0 unspecified atom stereocenters. The molecule has 0 bridgehead atoms. The number of sulfone groups is 1.